The molecule has 0 spiro atoms. The molecule has 0 rings (SSSR count). The van der Waals surface area contributed by atoms with Gasteiger partial charge < -0.3 is 42.7 Å². The molecular formula is C15H25N5O9S. The smallest absolute Gasteiger partial charge is 0.328 e. The summed E-state index contributed by atoms with van der Waals surface area (Å²) in [7, 11) is 0. The Hall–Kier alpha value is -2.91. The molecule has 0 saturated heterocycles. The highest BCUT2D eigenvalue weighted by molar-refractivity contribution is 7.80. The summed E-state index contributed by atoms with van der Waals surface area (Å²) in [6.07, 6.45) is -3.17. The fourth-order valence-electron chi connectivity index (χ4n) is 2.07. The molecule has 0 aromatic rings. The summed E-state index contributed by atoms with van der Waals surface area (Å²) in [6.45, 7) is 1.09. The van der Waals surface area contributed by atoms with Crippen molar-refractivity contribution in [3.63, 3.8) is 0 Å². The van der Waals surface area contributed by atoms with E-state index in [-0.39, 0.29) is 5.75 Å². The predicted octanol–water partition coefficient (Wildman–Crippen LogP) is -4.49. The van der Waals surface area contributed by atoms with E-state index in [0.717, 1.165) is 6.92 Å². The molecule has 0 heterocycles. The first kappa shape index (κ1) is 27.1. The second-order valence-electron chi connectivity index (χ2n) is 6.24. The van der Waals surface area contributed by atoms with E-state index >= 15 is 0 Å². The standard InChI is InChI=1S/C15H25N5O9S/c1-5(21)11(15(28)29)20-14(27)7(2-9(17)22)19-13(26)8(3-10(23)24)18-12(25)6(16)4-30/h5-8,11,21,30H,2-4,16H2,1H3,(H2,17,22)(H,18,25)(H,19,26)(H,20,27)(H,23,24)(H,28,29). The molecule has 0 radical (unpaired) electrons. The lowest BCUT2D eigenvalue weighted by Gasteiger charge is -2.24. The van der Waals surface area contributed by atoms with Crippen LogP contribution in [0.1, 0.15) is 19.8 Å². The van der Waals surface area contributed by atoms with Crippen molar-refractivity contribution in [2.75, 3.05) is 5.75 Å². The van der Waals surface area contributed by atoms with Crippen molar-refractivity contribution < 1.29 is 44.1 Å². The lowest BCUT2D eigenvalue weighted by molar-refractivity contribution is -0.145. The van der Waals surface area contributed by atoms with E-state index in [0.29, 0.717) is 0 Å². The van der Waals surface area contributed by atoms with E-state index in [1.54, 1.807) is 0 Å². The highest BCUT2D eigenvalue weighted by Gasteiger charge is 2.33. The zero-order valence-corrected chi connectivity index (χ0v) is 16.8. The van der Waals surface area contributed by atoms with E-state index in [2.05, 4.69) is 17.9 Å². The maximum Gasteiger partial charge on any atom is 0.328 e. The lowest BCUT2D eigenvalue weighted by Crippen LogP contribution is -2.59. The molecule has 170 valence electrons. The van der Waals surface area contributed by atoms with Crippen LogP contribution in [0.3, 0.4) is 0 Å². The Morgan fingerprint density at radius 3 is 1.77 bits per heavy atom. The summed E-state index contributed by atoms with van der Waals surface area (Å²) in [4.78, 5) is 69.9. The fourth-order valence-corrected chi connectivity index (χ4v) is 2.24. The molecule has 10 N–H and O–H groups in total. The van der Waals surface area contributed by atoms with Gasteiger partial charge in [0.1, 0.15) is 12.1 Å². The average molecular weight is 451 g/mol. The number of carboxylic acids is 2. The third-order valence-electron chi connectivity index (χ3n) is 3.63. The second kappa shape index (κ2) is 12.6. The van der Waals surface area contributed by atoms with Crippen LogP contribution in [0, 0.1) is 0 Å². The van der Waals surface area contributed by atoms with Crippen LogP contribution >= 0.6 is 12.6 Å². The van der Waals surface area contributed by atoms with Gasteiger partial charge in [-0.1, -0.05) is 0 Å². The minimum absolute atomic E-state index is 0.101. The molecule has 14 nitrogen and oxygen atoms in total. The van der Waals surface area contributed by atoms with E-state index in [1.807, 2.05) is 10.6 Å². The largest absolute Gasteiger partial charge is 0.481 e. The Morgan fingerprint density at radius 2 is 1.37 bits per heavy atom. The van der Waals surface area contributed by atoms with Crippen molar-refractivity contribution in [3.05, 3.63) is 0 Å². The second-order valence-corrected chi connectivity index (χ2v) is 6.61. The molecule has 0 saturated carbocycles. The lowest BCUT2D eigenvalue weighted by atomic mass is 10.1. The number of nitrogens with one attached hydrogen (secondary N) is 3. The summed E-state index contributed by atoms with van der Waals surface area (Å²) >= 11 is 3.81. The SMILES string of the molecule is CC(O)C(NC(=O)C(CC(N)=O)NC(=O)C(CC(=O)O)NC(=O)C(N)CS)C(=O)O. The molecular weight excluding hydrogens is 426 g/mol. The van der Waals surface area contributed by atoms with Gasteiger partial charge in [-0.25, -0.2) is 4.79 Å². The molecule has 15 heteroatoms. The number of aliphatic carboxylic acids is 2. The summed E-state index contributed by atoms with van der Waals surface area (Å²) < 4.78 is 0. The number of amides is 4. The number of hydrogen-bond donors (Lipinski definition) is 9. The molecule has 4 amide bonds. The van der Waals surface area contributed by atoms with Gasteiger partial charge >= 0.3 is 11.9 Å². The minimum atomic E-state index is -1.76. The molecule has 0 aliphatic carbocycles. The van der Waals surface area contributed by atoms with Crippen LogP contribution in [0.2, 0.25) is 0 Å². The Labute approximate surface area is 176 Å². The zero-order valence-electron chi connectivity index (χ0n) is 15.9. The van der Waals surface area contributed by atoms with Gasteiger partial charge in [0.25, 0.3) is 0 Å². The number of hydrogen-bond acceptors (Lipinski definition) is 9. The summed E-state index contributed by atoms with van der Waals surface area (Å²) in [5.41, 5.74) is 10.5. The van der Waals surface area contributed by atoms with Crippen molar-refractivity contribution in [2.45, 2.75) is 50.0 Å². The van der Waals surface area contributed by atoms with Gasteiger partial charge in [0.05, 0.1) is 25.0 Å². The Kier molecular flexibility index (Phi) is 11.4. The van der Waals surface area contributed by atoms with Gasteiger partial charge in [0.15, 0.2) is 6.04 Å². The van der Waals surface area contributed by atoms with Crippen molar-refractivity contribution in [3.8, 4) is 0 Å². The average Bonchev–Trinajstić information content (AvgIpc) is 2.62. The van der Waals surface area contributed by atoms with Gasteiger partial charge in [-0.2, -0.15) is 12.6 Å². The molecule has 30 heavy (non-hydrogen) atoms. The third-order valence-corrected chi connectivity index (χ3v) is 4.02. The van der Waals surface area contributed by atoms with E-state index < -0.39 is 78.7 Å². The first-order valence-corrected chi connectivity index (χ1v) is 9.11. The highest BCUT2D eigenvalue weighted by atomic mass is 32.1. The van der Waals surface area contributed by atoms with E-state index in [4.69, 9.17) is 21.7 Å². The summed E-state index contributed by atoms with van der Waals surface area (Å²) in [5, 5.41) is 33.4. The first-order chi connectivity index (χ1) is 13.8. The topological polar surface area (TPSA) is 251 Å². The van der Waals surface area contributed by atoms with Gasteiger partial charge in [-0.05, 0) is 6.92 Å². The van der Waals surface area contributed by atoms with Crippen LogP contribution in [0.5, 0.6) is 0 Å². The van der Waals surface area contributed by atoms with Crippen molar-refractivity contribution in [1.82, 2.24) is 16.0 Å². The van der Waals surface area contributed by atoms with Crippen LogP contribution in [-0.4, -0.2) is 86.9 Å². The predicted molar refractivity (Wildman–Crippen MR) is 103 cm³/mol. The van der Waals surface area contributed by atoms with Crippen LogP contribution in [0.25, 0.3) is 0 Å². The third kappa shape index (κ3) is 9.53. The van der Waals surface area contributed by atoms with Crippen molar-refractivity contribution >= 4 is 48.2 Å². The Bertz CT molecular complexity index is 687. The number of primary amides is 1. The van der Waals surface area contributed by atoms with Crippen LogP contribution in [-0.2, 0) is 28.8 Å². The number of thiol groups is 1. The minimum Gasteiger partial charge on any atom is -0.481 e. The molecule has 0 aliphatic rings. The molecule has 0 bridgehead atoms. The number of carboxylic acid groups (broad SMARTS) is 2. The molecule has 0 aromatic carbocycles. The molecule has 5 atom stereocenters. The van der Waals surface area contributed by atoms with Crippen LogP contribution in [0.4, 0.5) is 0 Å². The molecule has 0 aliphatic heterocycles. The number of rotatable bonds is 13. The Balaban J connectivity index is 5.51. The number of aliphatic hydroxyl groups excluding tert-OH is 1. The monoisotopic (exact) mass is 451 g/mol. The molecule has 0 aromatic heterocycles. The van der Waals surface area contributed by atoms with Crippen molar-refractivity contribution in [2.24, 2.45) is 11.5 Å². The fraction of sp³-hybridized carbons (Fsp3) is 0.600. The number of nitrogens with two attached hydrogens (primary N) is 2. The zero-order chi connectivity index (χ0) is 23.6. The first-order valence-electron chi connectivity index (χ1n) is 8.48. The normalized spacial score (nSPS) is 15.6. The maximum absolute atomic E-state index is 12.4. The van der Waals surface area contributed by atoms with Crippen LogP contribution in [0.15, 0.2) is 0 Å². The van der Waals surface area contributed by atoms with Gasteiger partial charge in [0.2, 0.25) is 23.6 Å². The quantitative estimate of drug-likeness (QED) is 0.121. The maximum atomic E-state index is 12.4. The van der Waals surface area contributed by atoms with Crippen molar-refractivity contribution in [1.29, 1.82) is 0 Å². The number of carbonyl (C=O) groups excluding carboxylic acids is 4. The van der Waals surface area contributed by atoms with Gasteiger partial charge in [-0.3, -0.25) is 24.0 Å². The Morgan fingerprint density at radius 1 is 0.900 bits per heavy atom. The number of carbonyl (C=O) groups is 6. The molecule has 0 fully saturated rings. The van der Waals surface area contributed by atoms with Crippen LogP contribution < -0.4 is 27.4 Å². The molecule has 5 unspecified atom stereocenters. The highest BCUT2D eigenvalue weighted by Crippen LogP contribution is 2.01. The van der Waals surface area contributed by atoms with E-state index in [1.165, 1.54) is 0 Å². The van der Waals surface area contributed by atoms with Gasteiger partial charge in [0, 0.05) is 5.75 Å². The van der Waals surface area contributed by atoms with Gasteiger partial charge in [-0.15, -0.1) is 0 Å². The summed E-state index contributed by atoms with van der Waals surface area (Å²) in [5.74, 6) is -7.43. The summed E-state index contributed by atoms with van der Waals surface area (Å²) in [6, 6.07) is -6.28. The van der Waals surface area contributed by atoms with E-state index in [9.17, 15) is 33.9 Å². The number of aliphatic hydroxyl groups is 1.